The Morgan fingerprint density at radius 3 is 2.52 bits per heavy atom. The van der Waals surface area contributed by atoms with E-state index in [-0.39, 0.29) is 11.9 Å². The first-order valence-electron chi connectivity index (χ1n) is 9.18. The predicted octanol–water partition coefficient (Wildman–Crippen LogP) is 4.52. The third-order valence-electron chi connectivity index (χ3n) is 4.25. The van der Waals surface area contributed by atoms with E-state index in [1.54, 1.807) is 6.07 Å². The molecule has 27 heavy (non-hydrogen) atoms. The van der Waals surface area contributed by atoms with Crippen molar-refractivity contribution >= 4 is 16.8 Å². The molecule has 0 aliphatic carbocycles. The van der Waals surface area contributed by atoms with Crippen LogP contribution in [0, 0.1) is 0 Å². The third-order valence-corrected chi connectivity index (χ3v) is 4.25. The maximum absolute atomic E-state index is 12.6. The smallest absolute Gasteiger partial charge is 0.270 e. The first-order valence-corrected chi connectivity index (χ1v) is 9.18. The molecule has 0 saturated heterocycles. The fourth-order valence-electron chi connectivity index (χ4n) is 2.88. The summed E-state index contributed by atoms with van der Waals surface area (Å²) in [4.78, 5) is 17.1. The number of amides is 1. The Morgan fingerprint density at radius 1 is 1.00 bits per heavy atom. The number of hydrogen-bond acceptors (Lipinski definition) is 4. The van der Waals surface area contributed by atoms with Gasteiger partial charge in [0.2, 0.25) is 0 Å². The van der Waals surface area contributed by atoms with Crippen LogP contribution in [0.2, 0.25) is 0 Å². The van der Waals surface area contributed by atoms with Crippen LogP contribution in [0.25, 0.3) is 10.9 Å². The van der Waals surface area contributed by atoms with Crippen LogP contribution in [0.15, 0.2) is 54.6 Å². The number of pyridine rings is 1. The molecule has 3 aromatic rings. The number of hydrogen-bond donors (Lipinski definition) is 1. The van der Waals surface area contributed by atoms with Gasteiger partial charge in [-0.3, -0.25) is 4.79 Å². The van der Waals surface area contributed by atoms with Gasteiger partial charge in [0.15, 0.2) is 11.5 Å². The minimum Gasteiger partial charge on any atom is -0.490 e. The van der Waals surface area contributed by atoms with E-state index in [0.29, 0.717) is 30.4 Å². The van der Waals surface area contributed by atoms with Crippen LogP contribution < -0.4 is 14.8 Å². The van der Waals surface area contributed by atoms with Gasteiger partial charge in [-0.1, -0.05) is 30.3 Å². The number of aromatic nitrogens is 1. The first kappa shape index (κ1) is 18.7. The van der Waals surface area contributed by atoms with Crippen molar-refractivity contribution in [1.29, 1.82) is 0 Å². The van der Waals surface area contributed by atoms with Crippen molar-refractivity contribution in [3.05, 3.63) is 65.9 Å². The molecule has 0 aliphatic heterocycles. The van der Waals surface area contributed by atoms with E-state index < -0.39 is 0 Å². The second-order valence-electron chi connectivity index (χ2n) is 6.16. The van der Waals surface area contributed by atoms with Crippen molar-refractivity contribution in [2.24, 2.45) is 0 Å². The largest absolute Gasteiger partial charge is 0.490 e. The molecule has 1 heterocycles. The third kappa shape index (κ3) is 4.37. The van der Waals surface area contributed by atoms with Crippen molar-refractivity contribution in [3.8, 4) is 11.5 Å². The molecule has 3 rings (SSSR count). The zero-order valence-corrected chi connectivity index (χ0v) is 15.9. The maximum Gasteiger partial charge on any atom is 0.270 e. The molecule has 1 aromatic heterocycles. The molecule has 2 aromatic carbocycles. The molecule has 0 spiro atoms. The average Bonchev–Trinajstić information content (AvgIpc) is 2.69. The van der Waals surface area contributed by atoms with Crippen LogP contribution >= 0.6 is 0 Å². The molecule has 0 fully saturated rings. The predicted molar refractivity (Wildman–Crippen MR) is 106 cm³/mol. The van der Waals surface area contributed by atoms with Gasteiger partial charge in [0.25, 0.3) is 5.91 Å². The quantitative estimate of drug-likeness (QED) is 0.669. The van der Waals surface area contributed by atoms with Crippen molar-refractivity contribution in [1.82, 2.24) is 10.3 Å². The molecule has 0 saturated carbocycles. The Labute approximate surface area is 159 Å². The number of fused-ring (bicyclic) bond motifs is 1. The highest BCUT2D eigenvalue weighted by atomic mass is 16.5. The summed E-state index contributed by atoms with van der Waals surface area (Å²) in [6, 6.07) is 16.9. The zero-order chi connectivity index (χ0) is 19.2. The molecule has 1 amide bonds. The van der Waals surface area contributed by atoms with Crippen LogP contribution in [0.3, 0.4) is 0 Å². The number of nitrogens with one attached hydrogen (secondary N) is 1. The van der Waals surface area contributed by atoms with Gasteiger partial charge in [0.1, 0.15) is 5.69 Å². The number of ether oxygens (including phenoxy) is 2. The number of benzene rings is 2. The van der Waals surface area contributed by atoms with Gasteiger partial charge in [-0.25, -0.2) is 4.98 Å². The average molecular weight is 364 g/mol. The number of rotatable bonds is 7. The van der Waals surface area contributed by atoms with E-state index in [1.165, 1.54) is 0 Å². The molecular weight excluding hydrogens is 340 g/mol. The van der Waals surface area contributed by atoms with Gasteiger partial charge in [0, 0.05) is 5.39 Å². The maximum atomic E-state index is 12.6. The Bertz CT molecular complexity index is 940. The molecule has 5 heteroatoms. The van der Waals surface area contributed by atoms with Crippen molar-refractivity contribution in [2.75, 3.05) is 13.2 Å². The van der Waals surface area contributed by atoms with Gasteiger partial charge >= 0.3 is 0 Å². The van der Waals surface area contributed by atoms with E-state index in [9.17, 15) is 4.79 Å². The Balaban J connectivity index is 1.77. The normalized spacial score (nSPS) is 11.8. The van der Waals surface area contributed by atoms with Gasteiger partial charge < -0.3 is 14.8 Å². The second-order valence-corrected chi connectivity index (χ2v) is 6.16. The molecule has 1 N–H and O–H groups in total. The molecule has 0 radical (unpaired) electrons. The van der Waals surface area contributed by atoms with Crippen LogP contribution in [-0.4, -0.2) is 24.1 Å². The number of nitrogens with zero attached hydrogens (tertiary/aromatic N) is 1. The number of carbonyl (C=O) groups is 1. The highest BCUT2D eigenvalue weighted by molar-refractivity contribution is 5.95. The van der Waals surface area contributed by atoms with Crippen LogP contribution in [0.5, 0.6) is 11.5 Å². The minimum atomic E-state index is -0.208. The summed E-state index contributed by atoms with van der Waals surface area (Å²) < 4.78 is 11.3. The molecule has 0 aliphatic rings. The van der Waals surface area contributed by atoms with Crippen molar-refractivity contribution in [3.63, 3.8) is 0 Å². The lowest BCUT2D eigenvalue weighted by Gasteiger charge is -2.17. The van der Waals surface area contributed by atoms with E-state index in [2.05, 4.69) is 10.3 Å². The summed E-state index contributed by atoms with van der Waals surface area (Å²) in [6.45, 7) is 6.91. The summed E-state index contributed by atoms with van der Waals surface area (Å²) >= 11 is 0. The van der Waals surface area contributed by atoms with Gasteiger partial charge in [-0.15, -0.1) is 0 Å². The topological polar surface area (TPSA) is 60.5 Å². The van der Waals surface area contributed by atoms with Crippen molar-refractivity contribution in [2.45, 2.75) is 26.8 Å². The molecule has 0 unspecified atom stereocenters. The van der Waals surface area contributed by atoms with Gasteiger partial charge in [-0.2, -0.15) is 0 Å². The minimum absolute atomic E-state index is 0.194. The van der Waals surface area contributed by atoms with Crippen LogP contribution in [0.4, 0.5) is 0 Å². The number of para-hydroxylation sites is 1. The Kier molecular flexibility index (Phi) is 5.91. The molecule has 140 valence electrons. The highest BCUT2D eigenvalue weighted by Crippen LogP contribution is 2.30. The van der Waals surface area contributed by atoms with Gasteiger partial charge in [-0.05, 0) is 50.6 Å². The molecule has 1 atom stereocenters. The summed E-state index contributed by atoms with van der Waals surface area (Å²) in [6.07, 6.45) is 0. The lowest BCUT2D eigenvalue weighted by molar-refractivity contribution is 0.0935. The summed E-state index contributed by atoms with van der Waals surface area (Å²) in [7, 11) is 0. The molecular formula is C22H24N2O3. The lowest BCUT2D eigenvalue weighted by Crippen LogP contribution is -2.27. The first-order chi connectivity index (χ1) is 13.1. The van der Waals surface area contributed by atoms with E-state index in [4.69, 9.17) is 9.47 Å². The zero-order valence-electron chi connectivity index (χ0n) is 15.9. The van der Waals surface area contributed by atoms with Gasteiger partial charge in [0.05, 0.1) is 24.8 Å². The monoisotopic (exact) mass is 364 g/mol. The summed E-state index contributed by atoms with van der Waals surface area (Å²) in [5, 5.41) is 4.01. The van der Waals surface area contributed by atoms with E-state index in [0.717, 1.165) is 16.5 Å². The van der Waals surface area contributed by atoms with Crippen LogP contribution in [-0.2, 0) is 0 Å². The standard InChI is InChI=1S/C22H24N2O3/c1-4-26-20-13-11-17(14-21(20)27-5-2)15(3)23-22(25)19-12-10-16-8-6-7-9-18(16)24-19/h6-15H,4-5H2,1-3H3,(H,23,25)/t15-/m0/s1. The van der Waals surface area contributed by atoms with Crippen LogP contribution in [0.1, 0.15) is 42.9 Å². The van der Waals surface area contributed by atoms with Crippen molar-refractivity contribution < 1.29 is 14.3 Å². The van der Waals surface area contributed by atoms with E-state index in [1.807, 2.05) is 69.3 Å². The SMILES string of the molecule is CCOc1ccc([C@H](C)NC(=O)c2ccc3ccccc3n2)cc1OCC. The fourth-order valence-corrected chi connectivity index (χ4v) is 2.88. The lowest BCUT2D eigenvalue weighted by atomic mass is 10.1. The molecule has 5 nitrogen and oxygen atoms in total. The fraction of sp³-hybridized carbons (Fsp3) is 0.273. The summed E-state index contributed by atoms with van der Waals surface area (Å²) in [5.74, 6) is 1.18. The molecule has 0 bridgehead atoms. The number of carbonyl (C=O) groups excluding carboxylic acids is 1. The highest BCUT2D eigenvalue weighted by Gasteiger charge is 2.15. The Morgan fingerprint density at radius 2 is 1.74 bits per heavy atom. The summed E-state index contributed by atoms with van der Waals surface area (Å²) in [5.41, 5.74) is 2.14. The second kappa shape index (κ2) is 8.54. The Hall–Kier alpha value is -3.08. The van der Waals surface area contributed by atoms with E-state index >= 15 is 0 Å².